The fraction of sp³-hybridized carbons (Fsp3) is 0.800. The van der Waals surface area contributed by atoms with E-state index >= 15 is 0 Å². The lowest BCUT2D eigenvalue weighted by molar-refractivity contribution is 0.366. The summed E-state index contributed by atoms with van der Waals surface area (Å²) in [7, 11) is 2.02. The van der Waals surface area contributed by atoms with E-state index in [2.05, 4.69) is 50.0 Å². The summed E-state index contributed by atoms with van der Waals surface area (Å²) < 4.78 is 2.14. The van der Waals surface area contributed by atoms with Gasteiger partial charge in [-0.1, -0.05) is 27.7 Å². The number of nitrogens with one attached hydrogen (secondary N) is 1. The molecule has 0 aromatic carbocycles. The van der Waals surface area contributed by atoms with E-state index in [1.54, 1.807) is 0 Å². The normalized spacial score (nSPS) is 15.0. The molecule has 3 heteroatoms. The Kier molecular flexibility index (Phi) is 6.41. The van der Waals surface area contributed by atoms with Crippen LogP contribution >= 0.6 is 0 Å². The second-order valence-corrected chi connectivity index (χ2v) is 5.47. The van der Waals surface area contributed by atoms with Gasteiger partial charge in [0.05, 0.1) is 11.7 Å². The van der Waals surface area contributed by atoms with Crippen molar-refractivity contribution < 1.29 is 0 Å². The van der Waals surface area contributed by atoms with Gasteiger partial charge in [-0.3, -0.25) is 4.68 Å². The van der Waals surface area contributed by atoms with Crippen LogP contribution in [0.5, 0.6) is 0 Å². The zero-order chi connectivity index (χ0) is 13.5. The summed E-state index contributed by atoms with van der Waals surface area (Å²) in [6, 6.07) is 2.74. The predicted octanol–water partition coefficient (Wildman–Crippen LogP) is 3.28. The molecule has 0 fully saturated rings. The highest BCUT2D eigenvalue weighted by molar-refractivity contribution is 5.01. The average Bonchev–Trinajstić information content (AvgIpc) is 2.79. The van der Waals surface area contributed by atoms with Gasteiger partial charge in [0.15, 0.2) is 0 Å². The van der Waals surface area contributed by atoms with E-state index in [0.29, 0.717) is 17.9 Å². The first-order chi connectivity index (χ1) is 8.62. The van der Waals surface area contributed by atoms with Crippen LogP contribution in [0.1, 0.15) is 52.3 Å². The number of nitrogens with zero attached hydrogens (tertiary/aromatic N) is 2. The highest BCUT2D eigenvalue weighted by Crippen LogP contribution is 2.18. The van der Waals surface area contributed by atoms with Crippen molar-refractivity contribution in [1.82, 2.24) is 15.1 Å². The SMILES string of the molecule is CCC(CC)n1ccc(CC(C)C(C)CNC)n1. The topological polar surface area (TPSA) is 29.9 Å². The molecule has 18 heavy (non-hydrogen) atoms. The van der Waals surface area contributed by atoms with Crippen LogP contribution in [-0.2, 0) is 6.42 Å². The van der Waals surface area contributed by atoms with Gasteiger partial charge in [0.25, 0.3) is 0 Å². The summed E-state index contributed by atoms with van der Waals surface area (Å²) in [5, 5.41) is 7.98. The number of hydrogen-bond donors (Lipinski definition) is 1. The Morgan fingerprint density at radius 1 is 1.22 bits per heavy atom. The van der Waals surface area contributed by atoms with Gasteiger partial charge in [0, 0.05) is 6.20 Å². The second kappa shape index (κ2) is 7.57. The number of hydrogen-bond acceptors (Lipinski definition) is 2. The Hall–Kier alpha value is -0.830. The van der Waals surface area contributed by atoms with Crippen LogP contribution in [0, 0.1) is 11.8 Å². The van der Waals surface area contributed by atoms with Crippen molar-refractivity contribution in [1.29, 1.82) is 0 Å². The molecule has 0 saturated carbocycles. The molecule has 2 atom stereocenters. The van der Waals surface area contributed by atoms with Gasteiger partial charge in [-0.15, -0.1) is 0 Å². The van der Waals surface area contributed by atoms with Crippen LogP contribution < -0.4 is 5.32 Å². The predicted molar refractivity (Wildman–Crippen MR) is 77.8 cm³/mol. The maximum Gasteiger partial charge on any atom is 0.0627 e. The van der Waals surface area contributed by atoms with Crippen LogP contribution in [0.15, 0.2) is 12.3 Å². The molecule has 0 saturated heterocycles. The first-order valence-electron chi connectivity index (χ1n) is 7.30. The average molecular weight is 251 g/mol. The Bertz CT molecular complexity index is 328. The lowest BCUT2D eigenvalue weighted by atomic mass is 9.91. The van der Waals surface area contributed by atoms with Crippen molar-refractivity contribution in [3.8, 4) is 0 Å². The van der Waals surface area contributed by atoms with Gasteiger partial charge in [0.2, 0.25) is 0 Å². The molecule has 0 radical (unpaired) electrons. The first kappa shape index (κ1) is 15.2. The molecular weight excluding hydrogens is 222 g/mol. The third kappa shape index (κ3) is 4.13. The number of aromatic nitrogens is 2. The standard InChI is InChI=1S/C15H29N3/c1-6-15(7-2)18-9-8-14(17-18)10-12(3)13(4)11-16-5/h8-9,12-13,15-16H,6-7,10-11H2,1-5H3. The summed E-state index contributed by atoms with van der Waals surface area (Å²) in [5.74, 6) is 1.36. The molecule has 0 aliphatic carbocycles. The Labute approximate surface area is 112 Å². The largest absolute Gasteiger partial charge is 0.319 e. The van der Waals surface area contributed by atoms with Gasteiger partial charge >= 0.3 is 0 Å². The number of rotatable bonds is 8. The van der Waals surface area contributed by atoms with E-state index in [0.717, 1.165) is 25.8 Å². The van der Waals surface area contributed by atoms with Crippen molar-refractivity contribution in [3.63, 3.8) is 0 Å². The molecule has 0 bridgehead atoms. The molecule has 2 unspecified atom stereocenters. The maximum absolute atomic E-state index is 4.73. The van der Waals surface area contributed by atoms with Crippen LogP contribution in [0.4, 0.5) is 0 Å². The molecule has 1 heterocycles. The van der Waals surface area contributed by atoms with E-state index in [-0.39, 0.29) is 0 Å². The van der Waals surface area contributed by atoms with Crippen molar-refractivity contribution in [2.75, 3.05) is 13.6 Å². The smallest absolute Gasteiger partial charge is 0.0627 e. The van der Waals surface area contributed by atoms with E-state index < -0.39 is 0 Å². The van der Waals surface area contributed by atoms with Crippen molar-refractivity contribution in [2.24, 2.45) is 11.8 Å². The minimum Gasteiger partial charge on any atom is -0.319 e. The van der Waals surface area contributed by atoms with Crippen LogP contribution in [-0.4, -0.2) is 23.4 Å². The lowest BCUT2D eigenvalue weighted by Crippen LogP contribution is -2.23. The quantitative estimate of drug-likeness (QED) is 0.768. The fourth-order valence-electron chi connectivity index (χ4n) is 2.41. The zero-order valence-corrected chi connectivity index (χ0v) is 12.6. The lowest BCUT2D eigenvalue weighted by Gasteiger charge is -2.18. The molecule has 1 aromatic heterocycles. The third-order valence-electron chi connectivity index (χ3n) is 4.01. The molecule has 0 aliphatic rings. The van der Waals surface area contributed by atoms with Crippen molar-refractivity contribution in [2.45, 2.75) is 53.0 Å². The van der Waals surface area contributed by atoms with Crippen LogP contribution in [0.3, 0.4) is 0 Å². The minimum absolute atomic E-state index is 0.559. The highest BCUT2D eigenvalue weighted by atomic mass is 15.3. The van der Waals surface area contributed by atoms with Gasteiger partial charge in [-0.25, -0.2) is 0 Å². The third-order valence-corrected chi connectivity index (χ3v) is 4.01. The van der Waals surface area contributed by atoms with Crippen LogP contribution in [0.2, 0.25) is 0 Å². The summed E-state index contributed by atoms with van der Waals surface area (Å²) in [5.41, 5.74) is 1.23. The summed E-state index contributed by atoms with van der Waals surface area (Å²) in [4.78, 5) is 0. The molecule has 1 N–H and O–H groups in total. The van der Waals surface area contributed by atoms with Crippen molar-refractivity contribution >= 4 is 0 Å². The summed E-state index contributed by atoms with van der Waals surface area (Å²) in [6.45, 7) is 10.2. The summed E-state index contributed by atoms with van der Waals surface area (Å²) in [6.07, 6.45) is 5.53. The molecule has 0 aliphatic heterocycles. The van der Waals surface area contributed by atoms with Crippen LogP contribution in [0.25, 0.3) is 0 Å². The molecule has 0 amide bonds. The maximum atomic E-state index is 4.73. The second-order valence-electron chi connectivity index (χ2n) is 5.47. The minimum atomic E-state index is 0.559. The Morgan fingerprint density at radius 2 is 1.89 bits per heavy atom. The van der Waals surface area contributed by atoms with E-state index in [1.807, 2.05) is 7.05 Å². The fourth-order valence-corrected chi connectivity index (χ4v) is 2.41. The molecule has 3 nitrogen and oxygen atoms in total. The van der Waals surface area contributed by atoms with Gasteiger partial charge < -0.3 is 5.32 Å². The molecule has 104 valence electrons. The summed E-state index contributed by atoms with van der Waals surface area (Å²) >= 11 is 0. The Balaban J connectivity index is 2.58. The Morgan fingerprint density at radius 3 is 2.44 bits per heavy atom. The highest BCUT2D eigenvalue weighted by Gasteiger charge is 2.14. The van der Waals surface area contributed by atoms with Crippen molar-refractivity contribution in [3.05, 3.63) is 18.0 Å². The van der Waals surface area contributed by atoms with E-state index in [1.165, 1.54) is 5.69 Å². The first-order valence-corrected chi connectivity index (χ1v) is 7.30. The molecule has 1 aromatic rings. The van der Waals surface area contributed by atoms with Gasteiger partial charge in [0.1, 0.15) is 0 Å². The molecular formula is C15H29N3. The monoisotopic (exact) mass is 251 g/mol. The molecule has 1 rings (SSSR count). The van der Waals surface area contributed by atoms with E-state index in [9.17, 15) is 0 Å². The zero-order valence-electron chi connectivity index (χ0n) is 12.6. The molecule has 0 spiro atoms. The van der Waals surface area contributed by atoms with E-state index in [4.69, 9.17) is 5.10 Å². The van der Waals surface area contributed by atoms with Gasteiger partial charge in [-0.2, -0.15) is 5.10 Å². The van der Waals surface area contributed by atoms with Gasteiger partial charge in [-0.05, 0) is 50.8 Å².